The van der Waals surface area contributed by atoms with Crippen LogP contribution in [0.2, 0.25) is 0 Å². The lowest BCUT2D eigenvalue weighted by Crippen LogP contribution is -2.21. The minimum atomic E-state index is -3.88. The molecule has 0 bridgehead atoms. The van der Waals surface area contributed by atoms with E-state index >= 15 is 0 Å². The van der Waals surface area contributed by atoms with Crippen LogP contribution in [0.25, 0.3) is 11.1 Å². The van der Waals surface area contributed by atoms with Crippen LogP contribution < -0.4 is 16.4 Å². The number of fused-ring (bicyclic) bond motifs is 1. The zero-order chi connectivity index (χ0) is 19.9. The van der Waals surface area contributed by atoms with Crippen LogP contribution in [0.15, 0.2) is 75.5 Å². The molecule has 0 fully saturated rings. The molecule has 7 nitrogen and oxygen atoms in total. The fraction of sp³-hybridized carbons (Fsp3) is 0.100. The largest absolute Gasteiger partial charge is 0.383 e. The van der Waals surface area contributed by atoms with Gasteiger partial charge in [-0.05, 0) is 40.5 Å². The van der Waals surface area contributed by atoms with Gasteiger partial charge < -0.3 is 10.3 Å². The summed E-state index contributed by atoms with van der Waals surface area (Å²) in [6.45, 7) is 0.636. The average molecular weight is 394 g/mol. The summed E-state index contributed by atoms with van der Waals surface area (Å²) in [6.07, 6.45) is 1.71. The number of sulfonamides is 1. The second kappa shape index (κ2) is 6.74. The summed E-state index contributed by atoms with van der Waals surface area (Å²) < 4.78 is 25.1. The molecule has 0 atom stereocenters. The molecule has 1 aliphatic heterocycles. The maximum absolute atomic E-state index is 12.3. The van der Waals surface area contributed by atoms with Crippen molar-refractivity contribution in [3.05, 3.63) is 87.8 Å². The summed E-state index contributed by atoms with van der Waals surface area (Å²) in [5.74, 6) is 0.533. The van der Waals surface area contributed by atoms with Gasteiger partial charge in [-0.15, -0.1) is 0 Å². The van der Waals surface area contributed by atoms with Crippen molar-refractivity contribution in [1.82, 2.24) is 4.57 Å². The molecule has 2 heterocycles. The lowest BCUT2D eigenvalue weighted by atomic mass is 10.0. The van der Waals surface area contributed by atoms with Crippen molar-refractivity contribution >= 4 is 15.9 Å². The third-order valence-electron chi connectivity index (χ3n) is 4.74. The van der Waals surface area contributed by atoms with Gasteiger partial charge in [-0.2, -0.15) is 0 Å². The number of aliphatic imine (C=N–C) groups is 1. The lowest BCUT2D eigenvalue weighted by molar-refractivity contribution is 0.595. The first-order valence-electron chi connectivity index (χ1n) is 8.58. The van der Waals surface area contributed by atoms with Crippen molar-refractivity contribution in [3.8, 4) is 11.1 Å². The van der Waals surface area contributed by atoms with Gasteiger partial charge in [0.1, 0.15) is 5.84 Å². The number of rotatable bonds is 4. The van der Waals surface area contributed by atoms with Crippen molar-refractivity contribution in [2.75, 3.05) is 0 Å². The summed E-state index contributed by atoms with van der Waals surface area (Å²) in [4.78, 5) is 16.6. The molecule has 0 spiro atoms. The van der Waals surface area contributed by atoms with Crippen LogP contribution in [0.4, 0.5) is 0 Å². The van der Waals surface area contributed by atoms with E-state index in [4.69, 9.17) is 10.9 Å². The van der Waals surface area contributed by atoms with Crippen LogP contribution in [-0.2, 0) is 23.1 Å². The van der Waals surface area contributed by atoms with Gasteiger partial charge in [0.15, 0.2) is 0 Å². The molecule has 0 amide bonds. The van der Waals surface area contributed by atoms with Gasteiger partial charge in [0.05, 0.1) is 18.0 Å². The number of aromatic nitrogens is 1. The Morgan fingerprint density at radius 2 is 1.79 bits per heavy atom. The first-order valence-corrected chi connectivity index (χ1v) is 10.1. The van der Waals surface area contributed by atoms with Gasteiger partial charge in [-0.25, -0.2) is 13.6 Å². The predicted octanol–water partition coefficient (Wildman–Crippen LogP) is 1.43. The Kier molecular flexibility index (Phi) is 4.37. The minimum absolute atomic E-state index is 0.0115. The summed E-state index contributed by atoms with van der Waals surface area (Å²) >= 11 is 0. The fourth-order valence-corrected chi connectivity index (χ4v) is 4.10. The molecule has 8 heteroatoms. The summed E-state index contributed by atoms with van der Waals surface area (Å²) in [5, 5.41) is 5.30. The Morgan fingerprint density at radius 1 is 1.04 bits per heavy atom. The maximum atomic E-state index is 12.3. The molecule has 142 valence electrons. The first-order chi connectivity index (χ1) is 13.3. The van der Waals surface area contributed by atoms with Crippen molar-refractivity contribution < 1.29 is 8.42 Å². The number of hydrogen-bond donors (Lipinski definition) is 2. The molecule has 0 unspecified atom stereocenters. The van der Waals surface area contributed by atoms with E-state index in [-0.39, 0.29) is 17.0 Å². The Hall–Kier alpha value is -3.23. The van der Waals surface area contributed by atoms with Gasteiger partial charge in [0.25, 0.3) is 5.56 Å². The van der Waals surface area contributed by atoms with Crippen LogP contribution >= 0.6 is 0 Å². The molecule has 0 radical (unpaired) electrons. The Labute approximate surface area is 162 Å². The van der Waals surface area contributed by atoms with E-state index in [2.05, 4.69) is 4.99 Å². The second-order valence-corrected chi connectivity index (χ2v) is 8.14. The van der Waals surface area contributed by atoms with Gasteiger partial charge in [-0.3, -0.25) is 9.79 Å². The van der Waals surface area contributed by atoms with Crippen molar-refractivity contribution in [2.45, 2.75) is 18.0 Å². The van der Waals surface area contributed by atoms with Crippen LogP contribution in [0.3, 0.4) is 0 Å². The van der Waals surface area contributed by atoms with Gasteiger partial charge in [-0.1, -0.05) is 30.3 Å². The molecular weight excluding hydrogens is 376 g/mol. The highest BCUT2D eigenvalue weighted by molar-refractivity contribution is 7.89. The second-order valence-electron chi connectivity index (χ2n) is 6.61. The smallest absolute Gasteiger partial charge is 0.250 e. The molecular formula is C20H18N4O3S. The molecule has 0 saturated heterocycles. The molecule has 2 aromatic carbocycles. The summed E-state index contributed by atoms with van der Waals surface area (Å²) in [5.41, 5.74) is 9.81. The van der Waals surface area contributed by atoms with Crippen LogP contribution in [0.1, 0.15) is 16.7 Å². The van der Waals surface area contributed by atoms with Gasteiger partial charge >= 0.3 is 0 Å². The number of pyridine rings is 1. The Balaban J connectivity index is 1.73. The number of amidine groups is 1. The van der Waals surface area contributed by atoms with Crippen LogP contribution in [0, 0.1) is 0 Å². The Bertz CT molecular complexity index is 1280. The highest BCUT2D eigenvalue weighted by Gasteiger charge is 2.16. The number of benzene rings is 2. The number of primary sulfonamides is 1. The highest BCUT2D eigenvalue weighted by Crippen LogP contribution is 2.25. The monoisotopic (exact) mass is 394 g/mol. The average Bonchev–Trinajstić information content (AvgIpc) is 3.03. The molecule has 4 rings (SSSR count). The first kappa shape index (κ1) is 18.1. The highest BCUT2D eigenvalue weighted by atomic mass is 32.2. The van der Waals surface area contributed by atoms with Crippen LogP contribution in [0.5, 0.6) is 0 Å². The number of nitrogens with two attached hydrogens (primary N) is 2. The van der Waals surface area contributed by atoms with Crippen molar-refractivity contribution in [1.29, 1.82) is 0 Å². The van der Waals surface area contributed by atoms with Gasteiger partial charge in [0.2, 0.25) is 10.0 Å². The molecule has 28 heavy (non-hydrogen) atoms. The van der Waals surface area contributed by atoms with E-state index in [1.807, 2.05) is 18.2 Å². The molecule has 1 aliphatic rings. The minimum Gasteiger partial charge on any atom is -0.383 e. The number of nitrogens with zero attached hydrogens (tertiary/aromatic N) is 2. The third-order valence-corrected chi connectivity index (χ3v) is 5.75. The lowest BCUT2D eigenvalue weighted by Gasteiger charge is -2.12. The summed E-state index contributed by atoms with van der Waals surface area (Å²) in [6, 6.07) is 15.4. The van der Waals surface area contributed by atoms with Crippen LogP contribution in [-0.4, -0.2) is 18.8 Å². The quantitative estimate of drug-likeness (QED) is 0.695. The zero-order valence-electron chi connectivity index (χ0n) is 14.9. The third kappa shape index (κ3) is 3.35. The van der Waals surface area contributed by atoms with E-state index in [0.29, 0.717) is 17.9 Å². The van der Waals surface area contributed by atoms with Crippen molar-refractivity contribution in [2.24, 2.45) is 15.9 Å². The normalized spacial score (nSPS) is 13.2. The van der Waals surface area contributed by atoms with E-state index in [1.165, 1.54) is 16.7 Å². The predicted molar refractivity (Wildman–Crippen MR) is 107 cm³/mol. The van der Waals surface area contributed by atoms with E-state index in [9.17, 15) is 13.2 Å². The molecule has 0 saturated carbocycles. The van der Waals surface area contributed by atoms with Gasteiger partial charge in [0, 0.05) is 17.8 Å². The molecule has 3 aromatic rings. The molecule has 4 N–H and O–H groups in total. The van der Waals surface area contributed by atoms with E-state index in [0.717, 1.165) is 22.3 Å². The zero-order valence-corrected chi connectivity index (χ0v) is 15.7. The number of hydrogen-bond acceptors (Lipinski definition) is 5. The summed E-state index contributed by atoms with van der Waals surface area (Å²) in [7, 11) is -3.88. The maximum Gasteiger partial charge on any atom is 0.250 e. The fourth-order valence-electron chi connectivity index (χ4n) is 3.33. The SMILES string of the molecule is NC1=NCc2cc(-c3ccc(=O)n(Cc4ccccc4S(N)(=O)=O)c3)ccc21. The topological polar surface area (TPSA) is 121 Å². The van der Waals surface area contributed by atoms with E-state index < -0.39 is 10.0 Å². The Morgan fingerprint density at radius 3 is 2.57 bits per heavy atom. The van der Waals surface area contributed by atoms with E-state index in [1.54, 1.807) is 30.5 Å². The van der Waals surface area contributed by atoms with Crippen molar-refractivity contribution in [3.63, 3.8) is 0 Å². The standard InChI is InChI=1S/C20H18N4O3S/c21-20-17-7-5-13(9-16(17)10-23-20)14-6-8-19(25)24(11-14)12-15-3-1-2-4-18(15)28(22,26)27/h1-9,11H,10,12H2,(H2,21,23)(H2,22,26,27). The molecule has 0 aliphatic carbocycles. The molecule has 1 aromatic heterocycles.